The van der Waals surface area contributed by atoms with Crippen LogP contribution in [-0.2, 0) is 10.0 Å². The quantitative estimate of drug-likeness (QED) is 0.353. The lowest BCUT2D eigenvalue weighted by Crippen LogP contribution is -2.30. The maximum absolute atomic E-state index is 12.8. The molecule has 0 radical (unpaired) electrons. The number of hydrogen-bond donors (Lipinski definition) is 2. The number of para-hydroxylation sites is 1. The molecule has 0 atom stereocenters. The van der Waals surface area contributed by atoms with Crippen molar-refractivity contribution in [1.29, 1.82) is 0 Å². The highest BCUT2D eigenvalue weighted by atomic mass is 35.5. The molecule has 1 heterocycles. The fourth-order valence-electron chi connectivity index (χ4n) is 3.08. The zero-order valence-electron chi connectivity index (χ0n) is 16.2. The van der Waals surface area contributed by atoms with Gasteiger partial charge in [0.15, 0.2) is 0 Å². The molecule has 0 saturated carbocycles. The predicted molar refractivity (Wildman–Crippen MR) is 121 cm³/mol. The summed E-state index contributed by atoms with van der Waals surface area (Å²) in [5, 5.41) is 0.612. The third-order valence-corrected chi connectivity index (χ3v) is 5.90. The Bertz CT molecular complexity index is 1430. The highest BCUT2D eigenvalue weighted by Crippen LogP contribution is 2.33. The van der Waals surface area contributed by atoms with Crippen molar-refractivity contribution in [3.63, 3.8) is 0 Å². The Kier molecular flexibility index (Phi) is 5.70. The summed E-state index contributed by atoms with van der Waals surface area (Å²) < 4.78 is 63.2. The van der Waals surface area contributed by atoms with Crippen LogP contribution < -0.4 is 4.72 Å². The summed E-state index contributed by atoms with van der Waals surface area (Å²) in [6, 6.07) is 18.2. The van der Waals surface area contributed by atoms with Crippen molar-refractivity contribution in [3.05, 3.63) is 83.1 Å². The van der Waals surface area contributed by atoms with E-state index >= 15 is 0 Å². The van der Waals surface area contributed by atoms with E-state index in [1.165, 1.54) is 18.2 Å². The molecule has 0 bridgehead atoms. The molecule has 10 heteroatoms. The molecular formula is C22H15ClF3N3O2S. The van der Waals surface area contributed by atoms with E-state index in [-0.39, 0.29) is 5.69 Å². The molecule has 4 rings (SSSR count). The molecule has 4 aromatic rings. The van der Waals surface area contributed by atoms with E-state index in [1.54, 1.807) is 47.2 Å². The Morgan fingerprint density at radius 1 is 0.969 bits per heavy atom. The molecule has 0 aliphatic heterocycles. The third kappa shape index (κ3) is 4.63. The summed E-state index contributed by atoms with van der Waals surface area (Å²) in [4.78, 5) is 7.63. The van der Waals surface area contributed by atoms with Crippen molar-refractivity contribution < 1.29 is 21.6 Å². The van der Waals surface area contributed by atoms with Crippen LogP contribution in [0, 0.1) is 0 Å². The highest BCUT2D eigenvalue weighted by molar-refractivity contribution is 7.93. The first kappa shape index (κ1) is 21.9. The molecule has 0 aliphatic rings. The maximum atomic E-state index is 12.8. The van der Waals surface area contributed by atoms with Crippen LogP contribution in [0.2, 0.25) is 5.02 Å². The Morgan fingerprint density at radius 2 is 1.75 bits per heavy atom. The monoisotopic (exact) mass is 477 g/mol. The lowest BCUT2D eigenvalue weighted by molar-refractivity contribution is -0.0429. The van der Waals surface area contributed by atoms with Crippen LogP contribution >= 0.6 is 11.6 Å². The number of fused-ring (bicyclic) bond motifs is 1. The fourth-order valence-corrected chi connectivity index (χ4v) is 3.87. The van der Waals surface area contributed by atoms with Gasteiger partial charge < -0.3 is 4.98 Å². The van der Waals surface area contributed by atoms with Crippen molar-refractivity contribution in [2.45, 2.75) is 5.51 Å². The minimum Gasteiger partial charge on any atom is -0.338 e. The largest absolute Gasteiger partial charge is 0.516 e. The van der Waals surface area contributed by atoms with E-state index in [0.717, 1.165) is 5.56 Å². The average molecular weight is 478 g/mol. The minimum atomic E-state index is -5.55. The zero-order valence-corrected chi connectivity index (χ0v) is 17.8. The van der Waals surface area contributed by atoms with Crippen LogP contribution in [-0.4, -0.2) is 23.9 Å². The number of sulfonamides is 1. The number of imidazole rings is 1. The van der Waals surface area contributed by atoms with E-state index in [1.807, 2.05) is 18.2 Å². The second kappa shape index (κ2) is 8.33. The Labute approximate surface area is 186 Å². The van der Waals surface area contributed by atoms with Gasteiger partial charge in [-0.1, -0.05) is 54.1 Å². The van der Waals surface area contributed by atoms with Crippen molar-refractivity contribution in [2.24, 2.45) is 0 Å². The van der Waals surface area contributed by atoms with Gasteiger partial charge in [-0.05, 0) is 47.5 Å². The van der Waals surface area contributed by atoms with E-state index in [4.69, 9.17) is 11.6 Å². The van der Waals surface area contributed by atoms with Crippen molar-refractivity contribution in [1.82, 2.24) is 9.97 Å². The molecular weight excluding hydrogens is 463 g/mol. The lowest BCUT2D eigenvalue weighted by atomic mass is 10.0. The molecule has 0 unspecified atom stereocenters. The van der Waals surface area contributed by atoms with Gasteiger partial charge in [-0.15, -0.1) is 0 Å². The summed E-state index contributed by atoms with van der Waals surface area (Å²) in [5.41, 5.74) is -2.62. The minimum absolute atomic E-state index is 0.180. The number of H-pyrrole nitrogens is 1. The molecule has 0 fully saturated rings. The highest BCUT2D eigenvalue weighted by Gasteiger charge is 2.46. The van der Waals surface area contributed by atoms with Crippen LogP contribution in [0.5, 0.6) is 0 Å². The van der Waals surface area contributed by atoms with Crippen LogP contribution in [0.4, 0.5) is 18.9 Å². The van der Waals surface area contributed by atoms with E-state index in [9.17, 15) is 21.6 Å². The van der Waals surface area contributed by atoms with Gasteiger partial charge in [-0.3, -0.25) is 4.72 Å². The molecule has 164 valence electrons. The molecule has 0 spiro atoms. The van der Waals surface area contributed by atoms with E-state index in [0.29, 0.717) is 33.0 Å². The van der Waals surface area contributed by atoms with Crippen molar-refractivity contribution in [2.75, 3.05) is 4.72 Å². The second-order valence-corrected chi connectivity index (χ2v) is 8.95. The number of hydrogen-bond acceptors (Lipinski definition) is 3. The summed E-state index contributed by atoms with van der Waals surface area (Å²) in [6.45, 7) is 0. The number of nitrogens with one attached hydrogen (secondary N) is 2. The lowest BCUT2D eigenvalue weighted by Gasteiger charge is -2.14. The van der Waals surface area contributed by atoms with Crippen molar-refractivity contribution in [3.8, 4) is 11.1 Å². The van der Waals surface area contributed by atoms with Gasteiger partial charge in [0.05, 0.1) is 16.7 Å². The Morgan fingerprint density at radius 3 is 2.50 bits per heavy atom. The SMILES string of the molecule is O=S(=O)(Nc1ccccc1-c1ccc2[nH]c(/C=C/c3cccc(Cl)c3)nc2c1)C(F)(F)F. The fraction of sp³-hybridized carbons (Fsp3) is 0.0455. The number of alkyl halides is 3. The van der Waals surface area contributed by atoms with Gasteiger partial charge in [-0.25, -0.2) is 4.98 Å². The number of aromatic nitrogens is 2. The zero-order chi connectivity index (χ0) is 22.9. The van der Waals surface area contributed by atoms with Gasteiger partial charge in [0.1, 0.15) is 5.82 Å². The van der Waals surface area contributed by atoms with Gasteiger partial charge in [0.2, 0.25) is 0 Å². The van der Waals surface area contributed by atoms with Crippen molar-refractivity contribution >= 4 is 50.5 Å². The van der Waals surface area contributed by atoms with Crippen LogP contribution in [0.25, 0.3) is 34.3 Å². The summed E-state index contributed by atoms with van der Waals surface area (Å²) in [6.07, 6.45) is 3.61. The Balaban J connectivity index is 1.67. The number of nitrogens with zero attached hydrogens (tertiary/aromatic N) is 1. The van der Waals surface area contributed by atoms with E-state index in [2.05, 4.69) is 9.97 Å². The molecule has 2 N–H and O–H groups in total. The molecule has 5 nitrogen and oxygen atoms in total. The number of aromatic amines is 1. The summed E-state index contributed by atoms with van der Waals surface area (Å²) in [7, 11) is -5.55. The van der Waals surface area contributed by atoms with Crippen LogP contribution in [0.15, 0.2) is 66.7 Å². The van der Waals surface area contributed by atoms with Gasteiger partial charge in [-0.2, -0.15) is 21.6 Å². The molecule has 1 aromatic heterocycles. The molecule has 0 saturated heterocycles. The van der Waals surface area contributed by atoms with Gasteiger partial charge in [0, 0.05) is 10.6 Å². The molecule has 0 aliphatic carbocycles. The van der Waals surface area contributed by atoms with E-state index < -0.39 is 15.5 Å². The smallest absolute Gasteiger partial charge is 0.338 e. The number of halogens is 4. The Hall–Kier alpha value is -3.30. The summed E-state index contributed by atoms with van der Waals surface area (Å²) in [5.74, 6) is 0.572. The first-order valence-electron chi connectivity index (χ1n) is 9.24. The second-order valence-electron chi connectivity index (χ2n) is 6.84. The first-order valence-corrected chi connectivity index (χ1v) is 11.1. The number of rotatable bonds is 5. The third-order valence-electron chi connectivity index (χ3n) is 4.57. The maximum Gasteiger partial charge on any atom is 0.516 e. The molecule has 0 amide bonds. The van der Waals surface area contributed by atoms with Crippen LogP contribution in [0.1, 0.15) is 11.4 Å². The average Bonchev–Trinajstić information content (AvgIpc) is 3.14. The normalized spacial score (nSPS) is 12.5. The molecule has 32 heavy (non-hydrogen) atoms. The van der Waals surface area contributed by atoms with Gasteiger partial charge >= 0.3 is 15.5 Å². The first-order chi connectivity index (χ1) is 15.1. The predicted octanol–water partition coefficient (Wildman–Crippen LogP) is 6.32. The molecule has 3 aromatic carbocycles. The standard InChI is InChI=1S/C22H15ClF3N3O2S/c23-16-5-3-4-14(12-16)8-11-21-27-19-10-9-15(13-20(19)28-21)17-6-1-2-7-18(17)29-32(30,31)22(24,25)26/h1-13,29H,(H,27,28)/b11-8+. The van der Waals surface area contributed by atoms with Crippen LogP contribution in [0.3, 0.4) is 0 Å². The van der Waals surface area contributed by atoms with Gasteiger partial charge in [0.25, 0.3) is 0 Å². The number of benzene rings is 3. The topological polar surface area (TPSA) is 74.8 Å². The summed E-state index contributed by atoms with van der Waals surface area (Å²) >= 11 is 5.98. The number of anilines is 1.